The highest BCUT2D eigenvalue weighted by Crippen LogP contribution is 2.23. The van der Waals surface area contributed by atoms with Gasteiger partial charge in [0.25, 0.3) is 0 Å². The molecule has 0 bridgehead atoms. The van der Waals surface area contributed by atoms with Crippen molar-refractivity contribution >= 4 is 10.0 Å². The molecule has 1 rings (SSSR count). The van der Waals surface area contributed by atoms with Crippen LogP contribution in [-0.2, 0) is 16.6 Å². The van der Waals surface area contributed by atoms with Crippen LogP contribution in [0, 0.1) is 0 Å². The molecule has 0 aromatic heterocycles. The van der Waals surface area contributed by atoms with Gasteiger partial charge in [-0.1, -0.05) is 18.2 Å². The van der Waals surface area contributed by atoms with E-state index in [9.17, 15) is 21.6 Å². The van der Waals surface area contributed by atoms with Crippen LogP contribution in [0.5, 0.6) is 0 Å². The van der Waals surface area contributed by atoms with Gasteiger partial charge in [-0.25, -0.2) is 8.42 Å². The van der Waals surface area contributed by atoms with E-state index in [1.54, 1.807) is 0 Å². The van der Waals surface area contributed by atoms with Crippen LogP contribution in [0.4, 0.5) is 13.2 Å². The van der Waals surface area contributed by atoms with E-state index in [1.807, 2.05) is 0 Å². The maximum absolute atomic E-state index is 12.2. The quantitative estimate of drug-likeness (QED) is 0.907. The molecule has 0 amide bonds. The number of benzene rings is 1. The number of nitrogens with zero attached hydrogens (tertiary/aromatic N) is 1. The highest BCUT2D eigenvalue weighted by molar-refractivity contribution is 7.89. The molecule has 1 aromatic carbocycles. The van der Waals surface area contributed by atoms with Crippen LogP contribution < -0.4 is 0 Å². The van der Waals surface area contributed by atoms with Gasteiger partial charge in [-0.15, -0.1) is 0 Å². The lowest BCUT2D eigenvalue weighted by atomic mass is 10.2. The molecule has 0 spiro atoms. The number of hydrogen-bond acceptors (Lipinski definition) is 3. The second-order valence-corrected chi connectivity index (χ2v) is 5.66. The number of aliphatic hydroxyl groups excluding tert-OH is 1. The first kappa shape index (κ1) is 14.9. The van der Waals surface area contributed by atoms with Gasteiger partial charge in [0.15, 0.2) is 0 Å². The summed E-state index contributed by atoms with van der Waals surface area (Å²) in [7, 11) is -3.42. The Kier molecular flexibility index (Phi) is 4.36. The average Bonchev–Trinajstić information content (AvgIpc) is 2.26. The third kappa shape index (κ3) is 3.44. The largest absolute Gasteiger partial charge is 0.402 e. The first-order valence-corrected chi connectivity index (χ1v) is 6.34. The molecule has 0 aliphatic rings. The van der Waals surface area contributed by atoms with E-state index in [4.69, 9.17) is 5.11 Å². The number of hydrogen-bond donors (Lipinski definition) is 1. The van der Waals surface area contributed by atoms with E-state index >= 15 is 0 Å². The van der Waals surface area contributed by atoms with Gasteiger partial charge in [0, 0.05) is 7.05 Å². The molecule has 1 aromatic rings. The fourth-order valence-corrected chi connectivity index (χ4v) is 2.76. The van der Waals surface area contributed by atoms with Crippen molar-refractivity contribution in [2.45, 2.75) is 17.7 Å². The van der Waals surface area contributed by atoms with Gasteiger partial charge < -0.3 is 5.11 Å². The second kappa shape index (κ2) is 5.25. The van der Waals surface area contributed by atoms with E-state index in [-0.39, 0.29) is 14.8 Å². The Hall–Kier alpha value is -1.12. The lowest BCUT2D eigenvalue weighted by molar-refractivity contribution is -0.134. The van der Waals surface area contributed by atoms with Crippen molar-refractivity contribution in [3.63, 3.8) is 0 Å². The summed E-state index contributed by atoms with van der Waals surface area (Å²) < 4.78 is 60.6. The van der Waals surface area contributed by atoms with Gasteiger partial charge in [-0.3, -0.25) is 0 Å². The SMILES string of the molecule is CN(CC(F)(F)F)S(=O)(=O)c1ccccc1CO. The Morgan fingerprint density at radius 1 is 1.28 bits per heavy atom. The van der Waals surface area contributed by atoms with E-state index in [1.165, 1.54) is 18.2 Å². The fourth-order valence-electron chi connectivity index (χ4n) is 1.39. The standard InChI is InChI=1S/C10H12F3NO3S/c1-14(7-10(11,12)13)18(16,17)9-5-3-2-4-8(9)6-15/h2-5,15H,6-7H2,1H3. The first-order chi connectivity index (χ1) is 8.18. The summed E-state index contributed by atoms with van der Waals surface area (Å²) in [4.78, 5) is -0.320. The smallest absolute Gasteiger partial charge is 0.392 e. The van der Waals surface area contributed by atoms with Gasteiger partial charge in [-0.05, 0) is 11.6 Å². The normalized spacial score (nSPS) is 13.0. The van der Waals surface area contributed by atoms with Crippen molar-refractivity contribution in [1.82, 2.24) is 4.31 Å². The number of aliphatic hydroxyl groups is 1. The molecule has 0 aliphatic heterocycles. The van der Waals surface area contributed by atoms with Crippen molar-refractivity contribution < 1.29 is 26.7 Å². The predicted molar refractivity (Wildman–Crippen MR) is 58.2 cm³/mol. The Morgan fingerprint density at radius 2 is 1.83 bits per heavy atom. The third-order valence-corrected chi connectivity index (χ3v) is 4.14. The Labute approximate surface area is 103 Å². The van der Waals surface area contributed by atoms with Crippen LogP contribution >= 0.6 is 0 Å². The summed E-state index contributed by atoms with van der Waals surface area (Å²) in [5.41, 5.74) is 0.0616. The minimum atomic E-state index is -4.62. The van der Waals surface area contributed by atoms with Crippen LogP contribution in [0.3, 0.4) is 0 Å². The molecule has 0 heterocycles. The zero-order chi connectivity index (χ0) is 14.0. The van der Waals surface area contributed by atoms with Crippen molar-refractivity contribution in [2.24, 2.45) is 0 Å². The van der Waals surface area contributed by atoms with Crippen molar-refractivity contribution in [3.8, 4) is 0 Å². The molecule has 4 nitrogen and oxygen atoms in total. The maximum atomic E-state index is 12.2. The number of halogens is 3. The molecule has 0 atom stereocenters. The highest BCUT2D eigenvalue weighted by Gasteiger charge is 2.35. The Balaban J connectivity index is 3.14. The molecule has 0 saturated carbocycles. The van der Waals surface area contributed by atoms with Crippen LogP contribution in [0.2, 0.25) is 0 Å². The first-order valence-electron chi connectivity index (χ1n) is 4.90. The zero-order valence-electron chi connectivity index (χ0n) is 9.48. The van der Waals surface area contributed by atoms with E-state index in [2.05, 4.69) is 0 Å². The molecule has 8 heteroatoms. The molecule has 1 N–H and O–H groups in total. The third-order valence-electron chi connectivity index (χ3n) is 2.23. The average molecular weight is 283 g/mol. The van der Waals surface area contributed by atoms with E-state index in [0.29, 0.717) is 0 Å². The summed E-state index contributed by atoms with van der Waals surface area (Å²) >= 11 is 0. The van der Waals surface area contributed by atoms with Gasteiger partial charge in [0.05, 0.1) is 11.5 Å². The molecule has 0 unspecified atom stereocenters. The molecule has 102 valence electrons. The van der Waals surface area contributed by atoms with Gasteiger partial charge in [0.2, 0.25) is 10.0 Å². The Bertz CT molecular complexity index is 513. The predicted octanol–water partition coefficient (Wildman–Crippen LogP) is 1.36. The maximum Gasteiger partial charge on any atom is 0.402 e. The summed E-state index contributed by atoms with van der Waals surface area (Å²) in [6.07, 6.45) is -4.62. The number of rotatable bonds is 4. The van der Waals surface area contributed by atoms with Crippen molar-refractivity contribution in [3.05, 3.63) is 29.8 Å². The molecular formula is C10H12F3NO3S. The zero-order valence-corrected chi connectivity index (χ0v) is 10.3. The topological polar surface area (TPSA) is 57.6 Å². The molecule has 18 heavy (non-hydrogen) atoms. The summed E-state index contributed by atoms with van der Waals surface area (Å²) in [5.74, 6) is 0. The molecule has 0 saturated heterocycles. The minimum Gasteiger partial charge on any atom is -0.392 e. The molecule has 0 radical (unpaired) electrons. The Morgan fingerprint density at radius 3 is 2.33 bits per heavy atom. The van der Waals surface area contributed by atoms with Gasteiger partial charge in [-0.2, -0.15) is 17.5 Å². The van der Waals surface area contributed by atoms with Crippen LogP contribution in [-0.4, -0.2) is 37.6 Å². The summed E-state index contributed by atoms with van der Waals surface area (Å²) in [5, 5.41) is 8.99. The molecular weight excluding hydrogens is 271 g/mol. The van der Waals surface area contributed by atoms with Gasteiger partial charge >= 0.3 is 6.18 Å². The molecule has 0 fully saturated rings. The summed E-state index contributed by atoms with van der Waals surface area (Å²) in [6, 6.07) is 5.38. The van der Waals surface area contributed by atoms with Crippen molar-refractivity contribution in [2.75, 3.05) is 13.6 Å². The van der Waals surface area contributed by atoms with Crippen molar-refractivity contribution in [1.29, 1.82) is 0 Å². The highest BCUT2D eigenvalue weighted by atomic mass is 32.2. The minimum absolute atomic E-state index is 0.0616. The monoisotopic (exact) mass is 283 g/mol. The number of sulfonamides is 1. The molecule has 0 aliphatic carbocycles. The second-order valence-electron chi connectivity index (χ2n) is 3.64. The fraction of sp³-hybridized carbons (Fsp3) is 0.400. The lowest BCUT2D eigenvalue weighted by Gasteiger charge is -2.20. The summed E-state index contributed by atoms with van der Waals surface area (Å²) in [6.45, 7) is -2.13. The lowest BCUT2D eigenvalue weighted by Crippen LogP contribution is -2.36. The van der Waals surface area contributed by atoms with Crippen LogP contribution in [0.15, 0.2) is 29.2 Å². The van der Waals surface area contributed by atoms with Crippen LogP contribution in [0.1, 0.15) is 5.56 Å². The van der Waals surface area contributed by atoms with Gasteiger partial charge in [0.1, 0.15) is 6.54 Å². The van der Waals surface area contributed by atoms with E-state index in [0.717, 1.165) is 13.1 Å². The van der Waals surface area contributed by atoms with Crippen LogP contribution in [0.25, 0.3) is 0 Å². The number of alkyl halides is 3. The van der Waals surface area contributed by atoms with E-state index < -0.39 is 29.4 Å².